The van der Waals surface area contributed by atoms with Crippen molar-refractivity contribution in [3.8, 4) is 11.1 Å². The van der Waals surface area contributed by atoms with E-state index in [2.05, 4.69) is 67.4 Å². The minimum absolute atomic E-state index is 0.199. The Hall–Kier alpha value is -4.93. The van der Waals surface area contributed by atoms with E-state index in [4.69, 9.17) is 14.5 Å². The summed E-state index contributed by atoms with van der Waals surface area (Å²) in [6.07, 6.45) is 11.7. The van der Waals surface area contributed by atoms with E-state index in [9.17, 15) is 19.5 Å². The van der Waals surface area contributed by atoms with Gasteiger partial charge in [0, 0.05) is 108 Å². The normalized spacial score (nSPS) is 20.3. The molecular weight excluding hydrogens is 787 g/mol. The third-order valence-electron chi connectivity index (χ3n) is 12.9. The van der Waals surface area contributed by atoms with E-state index in [0.717, 1.165) is 131 Å². The summed E-state index contributed by atoms with van der Waals surface area (Å²) < 4.78 is 17.3. The number of carbonyl (C=O) groups is 2. The summed E-state index contributed by atoms with van der Waals surface area (Å²) in [5.74, 6) is -0.0502. The topological polar surface area (TPSA) is 161 Å². The Kier molecular flexibility index (Phi) is 14.5. The molecule has 5 heterocycles. The second kappa shape index (κ2) is 20.5. The molecule has 1 saturated carbocycles. The standard InChI is InChI=1S/C47H63N9O6/c1-3-19-48-46-49-30-38-39(32-55(44(38)51-46)36-12-14-37(57)15-13-36)35-10-7-34(8-11-35)31-54-22-20-53(21-23-54)24-28-62-27-5-26-61-25-4-6-33-9-16-40-42(29-33)52(2)47(60)56(40)41-17-18-43(58)50-45(41)59/h7-11,16,29-30,32,36-37,41,57H,3-6,12-15,17-28,31H2,1-2H3,(H,48,49,51)(H,50,58,59)/t36?,37?,41-/m0/s1. The highest BCUT2D eigenvalue weighted by molar-refractivity contribution is 6.00. The van der Waals surface area contributed by atoms with Crippen molar-refractivity contribution >= 4 is 39.8 Å². The number of aliphatic hydroxyl groups is 1. The Bertz CT molecular complexity index is 2360. The molecule has 62 heavy (non-hydrogen) atoms. The number of imide groups is 1. The number of hydrogen-bond acceptors (Lipinski definition) is 11. The maximum atomic E-state index is 13.0. The number of piperazine rings is 1. The molecule has 8 rings (SSSR count). The predicted octanol–water partition coefficient (Wildman–Crippen LogP) is 5.20. The van der Waals surface area contributed by atoms with Crippen LogP contribution in [0.2, 0.25) is 0 Å². The lowest BCUT2D eigenvalue weighted by atomic mass is 9.93. The second-order valence-electron chi connectivity index (χ2n) is 17.3. The number of anilines is 1. The summed E-state index contributed by atoms with van der Waals surface area (Å²) >= 11 is 0. The van der Waals surface area contributed by atoms with Gasteiger partial charge in [0.2, 0.25) is 17.8 Å². The average Bonchev–Trinajstić information content (AvgIpc) is 3.78. The molecule has 0 bridgehead atoms. The van der Waals surface area contributed by atoms with Crippen molar-refractivity contribution in [2.75, 3.05) is 71.0 Å². The third-order valence-corrected chi connectivity index (χ3v) is 12.9. The number of hydrogen-bond donors (Lipinski definition) is 3. The monoisotopic (exact) mass is 849 g/mol. The Morgan fingerprint density at radius 2 is 1.58 bits per heavy atom. The molecule has 0 unspecified atom stereocenters. The summed E-state index contributed by atoms with van der Waals surface area (Å²) in [5.41, 5.74) is 6.94. The summed E-state index contributed by atoms with van der Waals surface area (Å²) in [6.45, 7) is 11.7. The number of piperidine rings is 1. The van der Waals surface area contributed by atoms with Crippen molar-refractivity contribution in [2.45, 2.75) is 95.9 Å². The zero-order chi connectivity index (χ0) is 43.0. The van der Waals surface area contributed by atoms with E-state index in [-0.39, 0.29) is 24.1 Å². The summed E-state index contributed by atoms with van der Waals surface area (Å²) in [7, 11) is 1.72. The first-order valence-electron chi connectivity index (χ1n) is 22.8. The van der Waals surface area contributed by atoms with Crippen molar-refractivity contribution in [2.24, 2.45) is 7.05 Å². The average molecular weight is 850 g/mol. The van der Waals surface area contributed by atoms with Crippen LogP contribution in [0.5, 0.6) is 0 Å². The fourth-order valence-electron chi connectivity index (χ4n) is 9.25. The van der Waals surface area contributed by atoms with Crippen LogP contribution in [-0.4, -0.2) is 122 Å². The minimum atomic E-state index is -0.679. The number of aliphatic hydroxyl groups excluding tert-OH is 1. The molecule has 15 heteroatoms. The van der Waals surface area contributed by atoms with Gasteiger partial charge < -0.3 is 24.5 Å². The summed E-state index contributed by atoms with van der Waals surface area (Å²) in [4.78, 5) is 51.8. The highest BCUT2D eigenvalue weighted by atomic mass is 16.5. The maximum Gasteiger partial charge on any atom is 0.329 e. The van der Waals surface area contributed by atoms with Gasteiger partial charge in [-0.3, -0.25) is 33.8 Å². The fraction of sp³-hybridized carbons (Fsp3) is 0.553. The molecule has 1 aliphatic carbocycles. The molecule has 15 nitrogen and oxygen atoms in total. The molecule has 5 aromatic rings. The highest BCUT2D eigenvalue weighted by Crippen LogP contribution is 2.37. The second-order valence-corrected chi connectivity index (χ2v) is 17.3. The first-order chi connectivity index (χ1) is 30.2. The van der Waals surface area contributed by atoms with E-state index in [1.54, 1.807) is 11.6 Å². The van der Waals surface area contributed by atoms with Crippen LogP contribution in [0.3, 0.4) is 0 Å². The Morgan fingerprint density at radius 3 is 2.34 bits per heavy atom. The molecule has 0 radical (unpaired) electrons. The van der Waals surface area contributed by atoms with E-state index in [0.29, 0.717) is 43.7 Å². The Morgan fingerprint density at radius 1 is 0.855 bits per heavy atom. The van der Waals surface area contributed by atoms with Crippen LogP contribution in [0.4, 0.5) is 5.95 Å². The molecule has 3 N–H and O–H groups in total. The minimum Gasteiger partial charge on any atom is -0.393 e. The maximum absolute atomic E-state index is 13.0. The predicted molar refractivity (Wildman–Crippen MR) is 240 cm³/mol. The molecule has 1 atom stereocenters. The van der Waals surface area contributed by atoms with Crippen LogP contribution < -0.4 is 16.3 Å². The van der Waals surface area contributed by atoms with Crippen molar-refractivity contribution in [3.05, 3.63) is 76.5 Å². The van der Waals surface area contributed by atoms with Crippen molar-refractivity contribution < 1.29 is 24.2 Å². The molecular formula is C47H63N9O6. The zero-order valence-electron chi connectivity index (χ0n) is 36.4. The van der Waals surface area contributed by atoms with Crippen LogP contribution in [-0.2, 0) is 39.1 Å². The Balaban J connectivity index is 0.713. The summed E-state index contributed by atoms with van der Waals surface area (Å²) in [5, 5.41) is 16.9. The molecule has 332 valence electrons. The van der Waals surface area contributed by atoms with Crippen LogP contribution in [0.25, 0.3) is 33.2 Å². The molecule has 2 aromatic carbocycles. The van der Waals surface area contributed by atoms with E-state index in [1.165, 1.54) is 15.7 Å². The van der Waals surface area contributed by atoms with Gasteiger partial charge in [0.15, 0.2) is 0 Å². The number of benzene rings is 2. The summed E-state index contributed by atoms with van der Waals surface area (Å²) in [6, 6.07) is 14.6. The van der Waals surface area contributed by atoms with E-state index < -0.39 is 11.9 Å². The number of aromatic nitrogens is 5. The molecule has 0 spiro atoms. The van der Waals surface area contributed by atoms with Gasteiger partial charge in [0.1, 0.15) is 11.7 Å². The Labute approximate surface area is 363 Å². The van der Waals surface area contributed by atoms with Crippen LogP contribution in [0.1, 0.15) is 87.9 Å². The van der Waals surface area contributed by atoms with Crippen LogP contribution in [0, 0.1) is 0 Å². The fourth-order valence-corrected chi connectivity index (χ4v) is 9.25. The van der Waals surface area contributed by atoms with E-state index in [1.807, 2.05) is 24.4 Å². The van der Waals surface area contributed by atoms with Crippen molar-refractivity contribution in [3.63, 3.8) is 0 Å². The first kappa shape index (κ1) is 43.7. The number of nitrogens with one attached hydrogen (secondary N) is 2. The third kappa shape index (κ3) is 10.3. The van der Waals surface area contributed by atoms with Crippen LogP contribution in [0.15, 0.2) is 59.7 Å². The number of nitrogens with zero attached hydrogens (tertiary/aromatic N) is 7. The lowest BCUT2D eigenvalue weighted by Crippen LogP contribution is -2.46. The van der Waals surface area contributed by atoms with Crippen molar-refractivity contribution in [1.82, 2.24) is 38.8 Å². The molecule has 2 saturated heterocycles. The number of imidazole rings is 1. The number of fused-ring (bicyclic) bond motifs is 2. The van der Waals surface area contributed by atoms with Gasteiger partial charge in [-0.15, -0.1) is 0 Å². The SMILES string of the molecule is CCCNc1ncc2c(-c3ccc(CN4CCN(CCOCCCOCCCc5ccc6c(c5)n(C)c(=O)n6[C@H]5CCC(=O)NC5=O)CC4)cc3)cn(C3CCC(O)CC3)c2n1. The van der Waals surface area contributed by atoms with Crippen LogP contribution >= 0.6 is 0 Å². The smallest absolute Gasteiger partial charge is 0.329 e. The lowest BCUT2D eigenvalue weighted by molar-refractivity contribution is -0.135. The van der Waals surface area contributed by atoms with Gasteiger partial charge >= 0.3 is 5.69 Å². The van der Waals surface area contributed by atoms with Crippen molar-refractivity contribution in [1.29, 1.82) is 0 Å². The molecule has 3 aliphatic rings. The number of aryl methyl sites for hydroxylation is 2. The number of ether oxygens (including phenoxy) is 2. The largest absolute Gasteiger partial charge is 0.393 e. The van der Waals surface area contributed by atoms with Gasteiger partial charge in [0.25, 0.3) is 0 Å². The van der Waals surface area contributed by atoms with Gasteiger partial charge in [-0.2, -0.15) is 4.98 Å². The molecule has 2 amide bonds. The number of rotatable bonds is 19. The van der Waals surface area contributed by atoms with Gasteiger partial charge in [-0.25, -0.2) is 9.78 Å². The molecule has 2 aliphatic heterocycles. The first-order valence-corrected chi connectivity index (χ1v) is 22.8. The molecule has 3 aromatic heterocycles. The van der Waals surface area contributed by atoms with Gasteiger partial charge in [-0.1, -0.05) is 37.3 Å². The van der Waals surface area contributed by atoms with Gasteiger partial charge in [-0.05, 0) is 86.6 Å². The highest BCUT2D eigenvalue weighted by Gasteiger charge is 2.31. The number of amides is 2. The van der Waals surface area contributed by atoms with Gasteiger partial charge in [0.05, 0.1) is 23.7 Å². The number of carbonyl (C=O) groups excluding carboxylic acids is 2. The molecule has 3 fully saturated rings. The lowest BCUT2D eigenvalue weighted by Gasteiger charge is -2.34. The van der Waals surface area contributed by atoms with E-state index >= 15 is 0 Å². The quantitative estimate of drug-likeness (QED) is 0.0741. The zero-order valence-corrected chi connectivity index (χ0v) is 36.4.